The van der Waals surface area contributed by atoms with Crippen LogP contribution in [0.25, 0.3) is 0 Å². The van der Waals surface area contributed by atoms with Crippen molar-refractivity contribution in [3.8, 4) is 5.75 Å². The molecule has 0 fully saturated rings. The first-order chi connectivity index (χ1) is 9.26. The lowest BCUT2D eigenvalue weighted by atomic mass is 10.1. The van der Waals surface area contributed by atoms with Crippen molar-refractivity contribution in [3.63, 3.8) is 0 Å². The Morgan fingerprint density at radius 3 is 2.89 bits per heavy atom. The van der Waals surface area contributed by atoms with Gasteiger partial charge in [0, 0.05) is 12.7 Å². The van der Waals surface area contributed by atoms with Crippen molar-refractivity contribution < 1.29 is 9.84 Å². The number of benzene rings is 1. The average molecular weight is 260 g/mol. The summed E-state index contributed by atoms with van der Waals surface area (Å²) in [6, 6.07) is 9.41. The summed E-state index contributed by atoms with van der Waals surface area (Å²) in [6.45, 7) is 5.46. The number of aliphatic hydroxyl groups is 1. The summed E-state index contributed by atoms with van der Waals surface area (Å²) >= 11 is 0. The van der Waals surface area contributed by atoms with Gasteiger partial charge in [0.1, 0.15) is 11.9 Å². The van der Waals surface area contributed by atoms with E-state index in [0.717, 1.165) is 30.0 Å². The topological polar surface area (TPSA) is 47.3 Å². The van der Waals surface area contributed by atoms with Gasteiger partial charge < -0.3 is 9.84 Å². The molecule has 4 heteroatoms. The van der Waals surface area contributed by atoms with Gasteiger partial charge in [0.2, 0.25) is 0 Å². The Morgan fingerprint density at radius 1 is 1.32 bits per heavy atom. The summed E-state index contributed by atoms with van der Waals surface area (Å²) in [7, 11) is 0. The van der Waals surface area contributed by atoms with Crippen molar-refractivity contribution in [1.82, 2.24) is 9.78 Å². The molecule has 1 aromatic carbocycles. The molecule has 1 heterocycles. The lowest BCUT2D eigenvalue weighted by Crippen LogP contribution is -2.10. The highest BCUT2D eigenvalue weighted by atomic mass is 16.5. The first-order valence-corrected chi connectivity index (χ1v) is 6.68. The Hall–Kier alpha value is -1.81. The van der Waals surface area contributed by atoms with Crippen molar-refractivity contribution in [1.29, 1.82) is 0 Å². The summed E-state index contributed by atoms with van der Waals surface area (Å²) in [5, 5.41) is 14.7. The van der Waals surface area contributed by atoms with Crippen LogP contribution in [0.4, 0.5) is 0 Å². The van der Waals surface area contributed by atoms with Crippen molar-refractivity contribution in [2.75, 3.05) is 6.61 Å². The van der Waals surface area contributed by atoms with Gasteiger partial charge in [0.05, 0.1) is 12.3 Å². The molecule has 4 nitrogen and oxygen atoms in total. The minimum Gasteiger partial charge on any atom is -0.494 e. The maximum Gasteiger partial charge on any atom is 0.121 e. The number of nitrogens with zero attached hydrogens (tertiary/aromatic N) is 2. The Kier molecular flexibility index (Phi) is 4.58. The molecule has 0 aliphatic rings. The molecule has 1 aromatic heterocycles. The molecule has 0 spiro atoms. The third-order valence-corrected chi connectivity index (χ3v) is 2.95. The molecule has 0 radical (unpaired) electrons. The highest BCUT2D eigenvalue weighted by Gasteiger charge is 2.15. The average Bonchev–Trinajstić information content (AvgIpc) is 2.87. The summed E-state index contributed by atoms with van der Waals surface area (Å²) in [5.41, 5.74) is 1.64. The number of ether oxygens (including phenoxy) is 1. The SMILES string of the molecule is CCCn1nccc1C(O)c1cccc(OCC)c1. The van der Waals surface area contributed by atoms with E-state index in [0.29, 0.717) is 6.61 Å². The molecule has 0 saturated heterocycles. The number of hydrogen-bond acceptors (Lipinski definition) is 3. The third kappa shape index (κ3) is 3.15. The largest absolute Gasteiger partial charge is 0.494 e. The van der Waals surface area contributed by atoms with Crippen molar-refractivity contribution in [3.05, 3.63) is 47.8 Å². The normalized spacial score (nSPS) is 12.4. The van der Waals surface area contributed by atoms with Gasteiger partial charge >= 0.3 is 0 Å². The van der Waals surface area contributed by atoms with Gasteiger partial charge in [-0.2, -0.15) is 5.10 Å². The maximum atomic E-state index is 10.5. The van der Waals surface area contributed by atoms with Crippen LogP contribution in [0.15, 0.2) is 36.5 Å². The minimum atomic E-state index is -0.672. The first-order valence-electron chi connectivity index (χ1n) is 6.68. The Bertz CT molecular complexity index is 522. The standard InChI is InChI=1S/C15H20N2O2/c1-3-10-17-14(8-9-16-17)15(18)12-6-5-7-13(11-12)19-4-2/h5-9,11,15,18H,3-4,10H2,1-2H3. The van der Waals surface area contributed by atoms with E-state index in [1.807, 2.05) is 41.9 Å². The van der Waals surface area contributed by atoms with E-state index in [2.05, 4.69) is 12.0 Å². The fourth-order valence-electron chi connectivity index (χ4n) is 2.09. The lowest BCUT2D eigenvalue weighted by Gasteiger charge is -2.14. The molecule has 19 heavy (non-hydrogen) atoms. The Balaban J connectivity index is 2.25. The van der Waals surface area contributed by atoms with Crippen LogP contribution in [-0.4, -0.2) is 21.5 Å². The Morgan fingerprint density at radius 2 is 2.16 bits per heavy atom. The van der Waals surface area contributed by atoms with E-state index >= 15 is 0 Å². The van der Waals surface area contributed by atoms with Gasteiger partial charge in [0.25, 0.3) is 0 Å². The zero-order valence-corrected chi connectivity index (χ0v) is 11.4. The van der Waals surface area contributed by atoms with E-state index < -0.39 is 6.10 Å². The molecule has 1 N–H and O–H groups in total. The second kappa shape index (κ2) is 6.38. The van der Waals surface area contributed by atoms with Gasteiger partial charge in [-0.3, -0.25) is 4.68 Å². The van der Waals surface area contributed by atoms with Crippen LogP contribution in [0.2, 0.25) is 0 Å². The minimum absolute atomic E-state index is 0.618. The van der Waals surface area contributed by atoms with Crippen LogP contribution < -0.4 is 4.74 Å². The summed E-state index contributed by atoms with van der Waals surface area (Å²) in [4.78, 5) is 0. The molecule has 0 saturated carbocycles. The summed E-state index contributed by atoms with van der Waals surface area (Å²) in [5.74, 6) is 0.778. The third-order valence-electron chi connectivity index (χ3n) is 2.95. The predicted molar refractivity (Wildman–Crippen MR) is 74.2 cm³/mol. The second-order valence-electron chi connectivity index (χ2n) is 4.39. The summed E-state index contributed by atoms with van der Waals surface area (Å²) in [6.07, 6.45) is 2.04. The fourth-order valence-corrected chi connectivity index (χ4v) is 2.09. The van der Waals surface area contributed by atoms with Crippen LogP contribution in [-0.2, 0) is 6.54 Å². The van der Waals surface area contributed by atoms with Gasteiger partial charge in [-0.1, -0.05) is 19.1 Å². The van der Waals surface area contributed by atoms with Crippen LogP contribution in [0.5, 0.6) is 5.75 Å². The zero-order valence-electron chi connectivity index (χ0n) is 11.4. The lowest BCUT2D eigenvalue weighted by molar-refractivity contribution is 0.206. The number of rotatable bonds is 6. The van der Waals surface area contributed by atoms with Gasteiger partial charge in [0.15, 0.2) is 0 Å². The molecule has 102 valence electrons. The number of aromatic nitrogens is 2. The summed E-state index contributed by atoms with van der Waals surface area (Å²) < 4.78 is 7.30. The smallest absolute Gasteiger partial charge is 0.121 e. The van der Waals surface area contributed by atoms with Gasteiger partial charge in [-0.15, -0.1) is 0 Å². The molecule has 2 aromatic rings. The van der Waals surface area contributed by atoms with Crippen molar-refractivity contribution in [2.45, 2.75) is 32.9 Å². The number of hydrogen-bond donors (Lipinski definition) is 1. The highest BCUT2D eigenvalue weighted by molar-refractivity contribution is 5.33. The van der Waals surface area contributed by atoms with Crippen molar-refractivity contribution >= 4 is 0 Å². The molecule has 0 aliphatic heterocycles. The molecule has 0 aliphatic carbocycles. The van der Waals surface area contributed by atoms with Crippen LogP contribution in [0.1, 0.15) is 37.6 Å². The van der Waals surface area contributed by atoms with E-state index in [4.69, 9.17) is 4.74 Å². The molecule has 1 unspecified atom stereocenters. The van der Waals surface area contributed by atoms with Crippen LogP contribution in [0.3, 0.4) is 0 Å². The molecular weight excluding hydrogens is 240 g/mol. The monoisotopic (exact) mass is 260 g/mol. The number of aliphatic hydroxyl groups excluding tert-OH is 1. The second-order valence-corrected chi connectivity index (χ2v) is 4.39. The highest BCUT2D eigenvalue weighted by Crippen LogP contribution is 2.25. The number of aryl methyl sites for hydroxylation is 1. The zero-order chi connectivity index (χ0) is 13.7. The van der Waals surface area contributed by atoms with E-state index in [-0.39, 0.29) is 0 Å². The Labute approximate surface area is 113 Å². The molecular formula is C15H20N2O2. The van der Waals surface area contributed by atoms with E-state index in [1.54, 1.807) is 6.20 Å². The van der Waals surface area contributed by atoms with Crippen molar-refractivity contribution in [2.24, 2.45) is 0 Å². The van der Waals surface area contributed by atoms with Crippen LogP contribution in [0, 0.1) is 0 Å². The molecule has 1 atom stereocenters. The van der Waals surface area contributed by atoms with E-state index in [9.17, 15) is 5.11 Å². The quantitative estimate of drug-likeness (QED) is 0.868. The maximum absolute atomic E-state index is 10.5. The fraction of sp³-hybridized carbons (Fsp3) is 0.400. The van der Waals surface area contributed by atoms with Gasteiger partial charge in [-0.25, -0.2) is 0 Å². The molecule has 2 rings (SSSR count). The van der Waals surface area contributed by atoms with Gasteiger partial charge in [-0.05, 0) is 37.1 Å². The molecule has 0 amide bonds. The van der Waals surface area contributed by atoms with Crippen LogP contribution >= 0.6 is 0 Å². The van der Waals surface area contributed by atoms with E-state index in [1.165, 1.54) is 0 Å². The first kappa shape index (κ1) is 13.6. The predicted octanol–water partition coefficient (Wildman–Crippen LogP) is 2.77. The molecule has 0 bridgehead atoms.